The van der Waals surface area contributed by atoms with Crippen molar-refractivity contribution >= 4 is 11.8 Å². The molecule has 0 aromatic carbocycles. The van der Waals surface area contributed by atoms with Gasteiger partial charge < -0.3 is 5.73 Å². The zero-order valence-electron chi connectivity index (χ0n) is 7.01. The molecule has 0 spiro atoms. The Labute approximate surface area is 73.4 Å². The molecule has 1 aliphatic heterocycles. The maximum Gasteiger partial charge on any atom is 0.00844 e. The Kier molecular flexibility index (Phi) is 4.02. The van der Waals surface area contributed by atoms with E-state index >= 15 is 0 Å². The predicted octanol–water partition coefficient (Wildman–Crippen LogP) is 2.18. The first-order valence-corrected chi connectivity index (χ1v) is 5.36. The van der Waals surface area contributed by atoms with Gasteiger partial charge in [0.2, 0.25) is 0 Å². The number of hydrogen-bond donors (Lipinski definition) is 1. The van der Waals surface area contributed by atoms with Gasteiger partial charge in [0.15, 0.2) is 0 Å². The first-order chi connectivity index (χ1) is 5.33. The van der Waals surface area contributed by atoms with Gasteiger partial charge in [-0.3, -0.25) is 0 Å². The van der Waals surface area contributed by atoms with Crippen LogP contribution in [0.1, 0.15) is 25.7 Å². The second kappa shape index (κ2) is 4.83. The minimum atomic E-state index is 0.760. The molecule has 1 atom stereocenters. The molecular formula is C9H17NS. The van der Waals surface area contributed by atoms with E-state index in [0.717, 1.165) is 18.2 Å². The van der Waals surface area contributed by atoms with Gasteiger partial charge in [-0.2, -0.15) is 11.8 Å². The van der Waals surface area contributed by atoms with Gasteiger partial charge in [0, 0.05) is 5.25 Å². The molecule has 1 rings (SSSR count). The van der Waals surface area contributed by atoms with Crippen LogP contribution in [-0.2, 0) is 0 Å². The molecule has 0 bridgehead atoms. The third-order valence-electron chi connectivity index (χ3n) is 2.04. The molecule has 0 aliphatic carbocycles. The van der Waals surface area contributed by atoms with Crippen LogP contribution in [0.4, 0.5) is 0 Å². The summed E-state index contributed by atoms with van der Waals surface area (Å²) in [7, 11) is 0. The summed E-state index contributed by atoms with van der Waals surface area (Å²) in [6, 6.07) is 0. The highest BCUT2D eigenvalue weighted by Crippen LogP contribution is 2.30. The van der Waals surface area contributed by atoms with Gasteiger partial charge in [0.1, 0.15) is 0 Å². The fourth-order valence-corrected chi connectivity index (χ4v) is 2.79. The number of nitrogens with two attached hydrogens (primary N) is 1. The second-order valence-corrected chi connectivity index (χ2v) is 4.54. The van der Waals surface area contributed by atoms with Crippen molar-refractivity contribution in [3.63, 3.8) is 0 Å². The summed E-state index contributed by atoms with van der Waals surface area (Å²) in [5.41, 5.74) is 6.78. The molecular weight excluding hydrogens is 154 g/mol. The Bertz CT molecular complexity index is 128. The van der Waals surface area contributed by atoms with Crippen LogP contribution in [0.3, 0.4) is 0 Å². The Morgan fingerprint density at radius 3 is 3.00 bits per heavy atom. The molecule has 1 saturated heterocycles. The van der Waals surface area contributed by atoms with Crippen LogP contribution in [0.15, 0.2) is 12.2 Å². The molecule has 0 amide bonds. The topological polar surface area (TPSA) is 26.0 Å². The Hall–Kier alpha value is 0.0500. The maximum atomic E-state index is 5.44. The quantitative estimate of drug-likeness (QED) is 0.656. The van der Waals surface area contributed by atoms with Crippen LogP contribution in [0.2, 0.25) is 0 Å². The molecule has 0 aromatic rings. The minimum absolute atomic E-state index is 0.760. The van der Waals surface area contributed by atoms with E-state index in [0.29, 0.717) is 0 Å². The van der Waals surface area contributed by atoms with E-state index in [1.165, 1.54) is 30.6 Å². The van der Waals surface area contributed by atoms with Crippen LogP contribution >= 0.6 is 11.8 Å². The van der Waals surface area contributed by atoms with Crippen molar-refractivity contribution in [2.45, 2.75) is 30.9 Å². The monoisotopic (exact) mass is 171 g/mol. The van der Waals surface area contributed by atoms with Crippen molar-refractivity contribution in [2.75, 3.05) is 12.3 Å². The second-order valence-electron chi connectivity index (χ2n) is 3.13. The Morgan fingerprint density at radius 1 is 1.64 bits per heavy atom. The van der Waals surface area contributed by atoms with Gasteiger partial charge in [-0.05, 0) is 38.0 Å². The smallest absolute Gasteiger partial charge is 0.00844 e. The van der Waals surface area contributed by atoms with Crippen molar-refractivity contribution < 1.29 is 0 Å². The first kappa shape index (κ1) is 9.14. The lowest BCUT2D eigenvalue weighted by Crippen LogP contribution is -2.04. The normalized spacial score (nSPS) is 23.9. The zero-order valence-corrected chi connectivity index (χ0v) is 7.83. The van der Waals surface area contributed by atoms with Gasteiger partial charge >= 0.3 is 0 Å². The summed E-state index contributed by atoms with van der Waals surface area (Å²) < 4.78 is 0. The van der Waals surface area contributed by atoms with Crippen molar-refractivity contribution in [3.05, 3.63) is 12.2 Å². The molecule has 1 heterocycles. The lowest BCUT2D eigenvalue weighted by atomic mass is 10.1. The fraction of sp³-hybridized carbons (Fsp3) is 0.778. The number of rotatable bonds is 4. The van der Waals surface area contributed by atoms with Crippen LogP contribution in [0, 0.1) is 0 Å². The summed E-state index contributed by atoms with van der Waals surface area (Å²) in [5.74, 6) is 1.35. The van der Waals surface area contributed by atoms with Crippen molar-refractivity contribution in [2.24, 2.45) is 5.73 Å². The fourth-order valence-electron chi connectivity index (χ4n) is 1.43. The lowest BCUT2D eigenvalue weighted by Gasteiger charge is -2.09. The Balaban J connectivity index is 2.13. The molecule has 1 aliphatic rings. The summed E-state index contributed by atoms with van der Waals surface area (Å²) in [5, 5.41) is 0.856. The van der Waals surface area contributed by atoms with Crippen LogP contribution < -0.4 is 5.73 Å². The van der Waals surface area contributed by atoms with Gasteiger partial charge in [-0.1, -0.05) is 12.2 Å². The molecule has 1 nitrogen and oxygen atoms in total. The van der Waals surface area contributed by atoms with E-state index in [9.17, 15) is 0 Å². The average molecular weight is 171 g/mol. The number of hydrogen-bond acceptors (Lipinski definition) is 2. The average Bonchev–Trinajstić information content (AvgIpc) is 2.40. The van der Waals surface area contributed by atoms with Gasteiger partial charge in [-0.15, -0.1) is 0 Å². The van der Waals surface area contributed by atoms with E-state index in [1.54, 1.807) is 0 Å². The zero-order chi connectivity index (χ0) is 8.10. The van der Waals surface area contributed by atoms with Crippen molar-refractivity contribution in [1.29, 1.82) is 0 Å². The third-order valence-corrected chi connectivity index (χ3v) is 3.44. The molecule has 64 valence electrons. The van der Waals surface area contributed by atoms with E-state index in [-0.39, 0.29) is 0 Å². The highest BCUT2D eigenvalue weighted by Gasteiger charge is 2.15. The molecule has 0 saturated carbocycles. The van der Waals surface area contributed by atoms with E-state index in [4.69, 9.17) is 5.73 Å². The first-order valence-electron chi connectivity index (χ1n) is 4.31. The lowest BCUT2D eigenvalue weighted by molar-refractivity contribution is 0.748. The van der Waals surface area contributed by atoms with Crippen molar-refractivity contribution in [3.8, 4) is 0 Å². The minimum Gasteiger partial charge on any atom is -0.330 e. The van der Waals surface area contributed by atoms with Gasteiger partial charge in [0.05, 0.1) is 0 Å². The van der Waals surface area contributed by atoms with E-state index < -0.39 is 0 Å². The molecule has 0 radical (unpaired) electrons. The highest BCUT2D eigenvalue weighted by atomic mass is 32.2. The highest BCUT2D eigenvalue weighted by molar-refractivity contribution is 8.00. The summed E-state index contributed by atoms with van der Waals surface area (Å²) >= 11 is 2.09. The molecule has 0 aromatic heterocycles. The van der Waals surface area contributed by atoms with Crippen LogP contribution in [-0.4, -0.2) is 17.5 Å². The molecule has 2 N–H and O–H groups in total. The summed E-state index contributed by atoms with van der Waals surface area (Å²) in [6.07, 6.45) is 4.98. The summed E-state index contributed by atoms with van der Waals surface area (Å²) in [4.78, 5) is 0. The SMILES string of the molecule is C=C(CCN)CC1CCCS1. The van der Waals surface area contributed by atoms with E-state index in [1.807, 2.05) is 0 Å². The number of thioether (sulfide) groups is 1. The summed E-state index contributed by atoms with van der Waals surface area (Å²) in [6.45, 7) is 4.77. The van der Waals surface area contributed by atoms with E-state index in [2.05, 4.69) is 18.3 Å². The standard InChI is InChI=1S/C9H17NS/c1-8(4-5-10)7-9-3-2-6-11-9/h9H,1-7,10H2. The third kappa shape index (κ3) is 3.30. The van der Waals surface area contributed by atoms with Crippen molar-refractivity contribution in [1.82, 2.24) is 0 Å². The largest absolute Gasteiger partial charge is 0.330 e. The molecule has 11 heavy (non-hydrogen) atoms. The maximum absolute atomic E-state index is 5.44. The molecule has 1 unspecified atom stereocenters. The van der Waals surface area contributed by atoms with Crippen LogP contribution in [0.5, 0.6) is 0 Å². The van der Waals surface area contributed by atoms with Gasteiger partial charge in [-0.25, -0.2) is 0 Å². The predicted molar refractivity (Wildman–Crippen MR) is 52.9 cm³/mol. The van der Waals surface area contributed by atoms with Gasteiger partial charge in [0.25, 0.3) is 0 Å². The molecule has 1 fully saturated rings. The molecule has 2 heteroatoms. The van der Waals surface area contributed by atoms with Crippen LogP contribution in [0.25, 0.3) is 0 Å². The Morgan fingerprint density at radius 2 is 2.45 bits per heavy atom.